The monoisotopic (exact) mass is 503 g/mol. The van der Waals surface area contributed by atoms with Crippen LogP contribution >= 0.6 is 0 Å². The molecule has 3 N–H and O–H groups in total. The highest BCUT2D eigenvalue weighted by atomic mass is 16.6. The molecule has 1 aliphatic carbocycles. The van der Waals surface area contributed by atoms with E-state index < -0.39 is 23.8 Å². The summed E-state index contributed by atoms with van der Waals surface area (Å²) in [4.78, 5) is 42.3. The van der Waals surface area contributed by atoms with Gasteiger partial charge in [-0.1, -0.05) is 45.7 Å². The molecule has 1 aromatic rings. The maximum absolute atomic E-state index is 14.2. The minimum atomic E-state index is -0.880. The molecule has 3 amide bonds. The summed E-state index contributed by atoms with van der Waals surface area (Å²) in [5, 5.41) is 15.7. The molecule has 36 heavy (non-hydrogen) atoms. The molecule has 0 aromatic heterocycles. The number of ether oxygens (including phenoxy) is 1. The molecule has 8 heteroatoms. The predicted molar refractivity (Wildman–Crippen MR) is 140 cm³/mol. The van der Waals surface area contributed by atoms with E-state index in [1.807, 2.05) is 20.8 Å². The van der Waals surface area contributed by atoms with Gasteiger partial charge in [-0.15, -0.1) is 0 Å². The van der Waals surface area contributed by atoms with Crippen LogP contribution in [0.5, 0.6) is 5.75 Å². The average molecular weight is 504 g/mol. The second kappa shape index (κ2) is 13.0. The van der Waals surface area contributed by atoms with E-state index in [-0.39, 0.29) is 35.6 Å². The van der Waals surface area contributed by atoms with Crippen LogP contribution in [0.1, 0.15) is 98.6 Å². The Morgan fingerprint density at radius 2 is 1.69 bits per heavy atom. The van der Waals surface area contributed by atoms with Gasteiger partial charge in [0.05, 0.1) is 0 Å². The van der Waals surface area contributed by atoms with Gasteiger partial charge in [0, 0.05) is 12.1 Å². The molecule has 1 aliphatic rings. The lowest BCUT2D eigenvalue weighted by Gasteiger charge is -2.44. The van der Waals surface area contributed by atoms with Gasteiger partial charge in [0.25, 0.3) is 0 Å². The third-order valence-electron chi connectivity index (χ3n) is 6.72. The summed E-state index contributed by atoms with van der Waals surface area (Å²) in [6.45, 7) is 13.2. The molecule has 1 fully saturated rings. The van der Waals surface area contributed by atoms with E-state index >= 15 is 0 Å². The molecule has 0 heterocycles. The van der Waals surface area contributed by atoms with Gasteiger partial charge in [-0.25, -0.2) is 4.79 Å². The van der Waals surface area contributed by atoms with Gasteiger partial charge in [-0.05, 0) is 77.0 Å². The Kier molecular flexibility index (Phi) is 10.6. The van der Waals surface area contributed by atoms with E-state index in [1.165, 1.54) is 12.1 Å². The van der Waals surface area contributed by atoms with Gasteiger partial charge in [-0.2, -0.15) is 0 Å². The van der Waals surface area contributed by atoms with Crippen molar-refractivity contribution in [3.63, 3.8) is 0 Å². The highest BCUT2D eigenvalue weighted by Gasteiger charge is 2.43. The predicted octanol–water partition coefficient (Wildman–Crippen LogP) is 5.06. The summed E-state index contributed by atoms with van der Waals surface area (Å²) in [6, 6.07) is 4.53. The standard InChI is InChI=1S/C28H45N3O5/c1-8-11-19(4)29-25(33)24(20-14-16-22(32)17-15-20)31(21-12-10-13-21)26(34)23(18(3)9-2)30-27(35)36-28(5,6)7/h14-19,21,23-24,32H,8-13H2,1-7H3,(H,29,33)(H,30,35). The van der Waals surface area contributed by atoms with Crippen LogP contribution in [-0.4, -0.2) is 51.6 Å². The molecule has 0 radical (unpaired) electrons. The van der Waals surface area contributed by atoms with E-state index in [9.17, 15) is 19.5 Å². The van der Waals surface area contributed by atoms with Crippen molar-refractivity contribution in [2.45, 2.75) is 117 Å². The summed E-state index contributed by atoms with van der Waals surface area (Å²) in [7, 11) is 0. The third-order valence-corrected chi connectivity index (χ3v) is 6.72. The molecule has 0 bridgehead atoms. The van der Waals surface area contributed by atoms with Gasteiger partial charge < -0.3 is 25.4 Å². The summed E-state index contributed by atoms with van der Waals surface area (Å²) in [5.41, 5.74) is -0.0839. The van der Waals surface area contributed by atoms with Crippen LogP contribution in [0.15, 0.2) is 24.3 Å². The Morgan fingerprint density at radius 3 is 2.17 bits per heavy atom. The van der Waals surface area contributed by atoms with Crippen molar-refractivity contribution in [2.75, 3.05) is 0 Å². The zero-order valence-corrected chi connectivity index (χ0v) is 23.0. The fourth-order valence-electron chi connectivity index (χ4n) is 4.38. The van der Waals surface area contributed by atoms with Crippen molar-refractivity contribution in [2.24, 2.45) is 5.92 Å². The molecular weight excluding hydrogens is 458 g/mol. The number of phenols is 1. The molecule has 202 valence electrons. The minimum Gasteiger partial charge on any atom is -0.508 e. The number of carbonyl (C=O) groups excluding carboxylic acids is 3. The number of amides is 3. The van der Waals surface area contributed by atoms with Crippen LogP contribution in [0, 0.1) is 5.92 Å². The number of alkyl carbamates (subject to hydrolysis) is 1. The van der Waals surface area contributed by atoms with Crippen molar-refractivity contribution in [1.82, 2.24) is 15.5 Å². The Balaban J connectivity index is 2.49. The van der Waals surface area contributed by atoms with Crippen LogP contribution in [0.4, 0.5) is 4.79 Å². The summed E-state index contributed by atoms with van der Waals surface area (Å²) in [5.74, 6) is -0.642. The molecule has 1 aromatic carbocycles. The quantitative estimate of drug-likeness (QED) is 0.391. The number of nitrogens with zero attached hydrogens (tertiary/aromatic N) is 1. The van der Waals surface area contributed by atoms with Gasteiger partial charge in [0.1, 0.15) is 23.4 Å². The maximum atomic E-state index is 14.2. The number of carbonyl (C=O) groups is 3. The van der Waals surface area contributed by atoms with Crippen molar-refractivity contribution in [1.29, 1.82) is 0 Å². The maximum Gasteiger partial charge on any atom is 0.408 e. The number of benzene rings is 1. The first-order chi connectivity index (χ1) is 16.9. The van der Waals surface area contributed by atoms with E-state index in [0.29, 0.717) is 12.0 Å². The van der Waals surface area contributed by atoms with Crippen LogP contribution < -0.4 is 10.6 Å². The number of aromatic hydroxyl groups is 1. The van der Waals surface area contributed by atoms with E-state index in [4.69, 9.17) is 4.74 Å². The number of nitrogens with one attached hydrogen (secondary N) is 2. The zero-order chi connectivity index (χ0) is 27.0. The third kappa shape index (κ3) is 8.14. The Hall–Kier alpha value is -2.77. The Morgan fingerprint density at radius 1 is 1.08 bits per heavy atom. The van der Waals surface area contributed by atoms with Crippen molar-refractivity contribution < 1.29 is 24.2 Å². The zero-order valence-electron chi connectivity index (χ0n) is 23.0. The van der Waals surface area contributed by atoms with Crippen LogP contribution in [0.3, 0.4) is 0 Å². The highest BCUT2D eigenvalue weighted by Crippen LogP contribution is 2.35. The van der Waals surface area contributed by atoms with Crippen LogP contribution in [0.25, 0.3) is 0 Å². The van der Waals surface area contributed by atoms with Gasteiger partial charge in [-0.3, -0.25) is 9.59 Å². The Bertz CT molecular complexity index is 876. The lowest BCUT2D eigenvalue weighted by Crippen LogP contribution is -2.59. The first-order valence-electron chi connectivity index (χ1n) is 13.3. The number of rotatable bonds is 11. The van der Waals surface area contributed by atoms with E-state index in [2.05, 4.69) is 17.6 Å². The normalized spacial score (nSPS) is 17.2. The molecule has 4 atom stereocenters. The summed E-state index contributed by atoms with van der Waals surface area (Å²) in [6.07, 6.45) is 4.30. The van der Waals surface area contributed by atoms with E-state index in [1.54, 1.807) is 37.8 Å². The topological polar surface area (TPSA) is 108 Å². The number of hydrogen-bond acceptors (Lipinski definition) is 5. The van der Waals surface area contributed by atoms with Gasteiger partial charge in [0.2, 0.25) is 11.8 Å². The Labute approximate surface area is 216 Å². The van der Waals surface area contributed by atoms with Crippen LogP contribution in [-0.2, 0) is 14.3 Å². The van der Waals surface area contributed by atoms with Crippen molar-refractivity contribution >= 4 is 17.9 Å². The molecule has 0 aliphatic heterocycles. The number of phenolic OH excluding ortho intramolecular Hbond substituents is 1. The summed E-state index contributed by atoms with van der Waals surface area (Å²) >= 11 is 0. The van der Waals surface area contributed by atoms with Crippen LogP contribution in [0.2, 0.25) is 0 Å². The lowest BCUT2D eigenvalue weighted by atomic mass is 9.86. The molecular formula is C28H45N3O5. The lowest BCUT2D eigenvalue weighted by molar-refractivity contribution is -0.148. The molecule has 0 spiro atoms. The van der Waals surface area contributed by atoms with Crippen molar-refractivity contribution in [3.05, 3.63) is 29.8 Å². The molecule has 4 unspecified atom stereocenters. The van der Waals surface area contributed by atoms with E-state index in [0.717, 1.165) is 32.1 Å². The van der Waals surface area contributed by atoms with Gasteiger partial charge >= 0.3 is 6.09 Å². The average Bonchev–Trinajstić information content (AvgIpc) is 2.75. The van der Waals surface area contributed by atoms with Crippen molar-refractivity contribution in [3.8, 4) is 5.75 Å². The summed E-state index contributed by atoms with van der Waals surface area (Å²) < 4.78 is 5.45. The second-order valence-corrected chi connectivity index (χ2v) is 11.0. The smallest absolute Gasteiger partial charge is 0.408 e. The fourth-order valence-corrected chi connectivity index (χ4v) is 4.38. The fraction of sp³-hybridized carbons (Fsp3) is 0.679. The molecule has 2 rings (SSSR count). The first kappa shape index (κ1) is 29.5. The SMILES string of the molecule is CCCC(C)NC(=O)C(c1ccc(O)cc1)N(C(=O)C(NC(=O)OC(C)(C)C)C(C)CC)C1CCC1. The van der Waals surface area contributed by atoms with Gasteiger partial charge in [0.15, 0.2) is 0 Å². The second-order valence-electron chi connectivity index (χ2n) is 11.0. The first-order valence-corrected chi connectivity index (χ1v) is 13.3. The molecule has 0 saturated heterocycles. The number of hydrogen-bond donors (Lipinski definition) is 3. The molecule has 8 nitrogen and oxygen atoms in total. The highest BCUT2D eigenvalue weighted by molar-refractivity contribution is 5.92. The minimum absolute atomic E-state index is 0.0503. The largest absolute Gasteiger partial charge is 0.508 e. The molecule has 1 saturated carbocycles.